The molecular formula is C12H16O. The lowest BCUT2D eigenvalue weighted by Gasteiger charge is -2.33. The molecule has 0 aromatic rings. The summed E-state index contributed by atoms with van der Waals surface area (Å²) in [4.78, 5) is 10.3. The van der Waals surface area contributed by atoms with Gasteiger partial charge in [-0.25, -0.2) is 0 Å². The molecule has 0 aromatic heterocycles. The van der Waals surface area contributed by atoms with Crippen LogP contribution in [-0.4, -0.2) is 6.29 Å². The van der Waals surface area contributed by atoms with Crippen LogP contribution in [0.3, 0.4) is 0 Å². The van der Waals surface area contributed by atoms with Gasteiger partial charge in [-0.15, -0.1) is 0 Å². The maximum atomic E-state index is 10.3. The third-order valence-electron chi connectivity index (χ3n) is 3.99. The van der Waals surface area contributed by atoms with Crippen molar-refractivity contribution in [3.8, 4) is 0 Å². The van der Waals surface area contributed by atoms with Crippen LogP contribution in [-0.2, 0) is 4.79 Å². The van der Waals surface area contributed by atoms with Crippen molar-refractivity contribution in [2.75, 3.05) is 0 Å². The molecule has 70 valence electrons. The smallest absolute Gasteiger partial charge is 0.142 e. The average Bonchev–Trinajstić information content (AvgIpc) is 2.68. The summed E-state index contributed by atoms with van der Waals surface area (Å²) in [7, 11) is 0. The number of carbonyl (C=O) groups is 1. The first kappa shape index (κ1) is 8.74. The zero-order valence-electron chi connectivity index (χ0n) is 8.12. The number of carbonyl (C=O) groups excluding carboxylic acids is 1. The van der Waals surface area contributed by atoms with E-state index >= 15 is 0 Å². The normalized spacial score (nSPS) is 43.3. The third kappa shape index (κ3) is 1.10. The third-order valence-corrected chi connectivity index (χ3v) is 3.99. The number of hydrogen-bond donors (Lipinski definition) is 0. The molecule has 2 rings (SSSR count). The Morgan fingerprint density at radius 1 is 1.54 bits per heavy atom. The first-order chi connectivity index (χ1) is 6.18. The van der Waals surface area contributed by atoms with Crippen LogP contribution >= 0.6 is 0 Å². The zero-order chi connectivity index (χ0) is 9.47. The van der Waals surface area contributed by atoms with Gasteiger partial charge in [0.25, 0.3) is 0 Å². The zero-order valence-corrected chi connectivity index (χ0v) is 8.12. The van der Waals surface area contributed by atoms with Gasteiger partial charge in [-0.2, -0.15) is 0 Å². The van der Waals surface area contributed by atoms with Crippen molar-refractivity contribution in [2.45, 2.75) is 26.2 Å². The van der Waals surface area contributed by atoms with E-state index in [4.69, 9.17) is 0 Å². The molecule has 0 unspecified atom stereocenters. The van der Waals surface area contributed by atoms with Crippen molar-refractivity contribution in [3.05, 3.63) is 24.3 Å². The molecule has 13 heavy (non-hydrogen) atoms. The highest BCUT2D eigenvalue weighted by atomic mass is 16.1. The summed E-state index contributed by atoms with van der Waals surface area (Å²) in [6, 6.07) is 0. The molecule has 2 bridgehead atoms. The van der Waals surface area contributed by atoms with E-state index in [9.17, 15) is 4.79 Å². The van der Waals surface area contributed by atoms with Gasteiger partial charge in [-0.3, -0.25) is 4.79 Å². The number of fused-ring (bicyclic) bond motifs is 2. The highest BCUT2D eigenvalue weighted by molar-refractivity contribution is 5.65. The molecule has 0 saturated heterocycles. The fourth-order valence-electron chi connectivity index (χ4n) is 3.03. The van der Waals surface area contributed by atoms with Crippen molar-refractivity contribution in [1.29, 1.82) is 0 Å². The summed E-state index contributed by atoms with van der Waals surface area (Å²) in [6.07, 6.45) is 8.46. The van der Waals surface area contributed by atoms with Crippen molar-refractivity contribution in [2.24, 2.45) is 17.3 Å². The first-order valence-electron chi connectivity index (χ1n) is 5.00. The minimum absolute atomic E-state index is 0.115. The predicted octanol–water partition coefficient (Wildman–Crippen LogP) is 2.73. The molecule has 0 spiro atoms. The van der Waals surface area contributed by atoms with Crippen molar-refractivity contribution in [1.82, 2.24) is 0 Å². The van der Waals surface area contributed by atoms with Gasteiger partial charge in [0.1, 0.15) is 6.29 Å². The van der Waals surface area contributed by atoms with Gasteiger partial charge in [0.15, 0.2) is 0 Å². The average molecular weight is 176 g/mol. The summed E-state index contributed by atoms with van der Waals surface area (Å²) in [5.74, 6) is 1.47. The fourth-order valence-corrected chi connectivity index (χ4v) is 3.03. The molecule has 3 atom stereocenters. The van der Waals surface area contributed by atoms with E-state index in [1.54, 1.807) is 6.08 Å². The summed E-state index contributed by atoms with van der Waals surface area (Å²) in [6.45, 7) is 6.40. The predicted molar refractivity (Wildman–Crippen MR) is 53.3 cm³/mol. The van der Waals surface area contributed by atoms with Crippen LogP contribution in [0.15, 0.2) is 24.3 Å². The molecule has 0 heterocycles. The van der Waals surface area contributed by atoms with Crippen LogP contribution in [0.4, 0.5) is 0 Å². The molecule has 2 aliphatic carbocycles. The van der Waals surface area contributed by atoms with Gasteiger partial charge in [-0.05, 0) is 37.2 Å². The largest absolute Gasteiger partial charge is 0.299 e. The van der Waals surface area contributed by atoms with Gasteiger partial charge >= 0.3 is 0 Å². The quantitative estimate of drug-likeness (QED) is 0.359. The molecule has 0 N–H and O–H groups in total. The number of aldehydes is 1. The van der Waals surface area contributed by atoms with Crippen LogP contribution in [0, 0.1) is 17.3 Å². The molecule has 2 aliphatic rings. The first-order valence-corrected chi connectivity index (χ1v) is 5.00. The van der Waals surface area contributed by atoms with E-state index in [-0.39, 0.29) is 5.41 Å². The highest BCUT2D eigenvalue weighted by Gasteiger charge is 2.49. The van der Waals surface area contributed by atoms with Crippen LogP contribution in [0.5, 0.6) is 0 Å². The summed E-state index contributed by atoms with van der Waals surface area (Å²) >= 11 is 0. The Morgan fingerprint density at radius 3 is 2.85 bits per heavy atom. The minimum Gasteiger partial charge on any atom is -0.299 e. The van der Waals surface area contributed by atoms with Gasteiger partial charge in [0.05, 0.1) is 0 Å². The van der Waals surface area contributed by atoms with E-state index in [2.05, 4.69) is 13.5 Å². The number of hydrogen-bond acceptors (Lipinski definition) is 1. The monoisotopic (exact) mass is 176 g/mol. The Kier molecular flexibility index (Phi) is 1.90. The van der Waals surface area contributed by atoms with E-state index in [1.165, 1.54) is 24.8 Å². The highest BCUT2D eigenvalue weighted by Crippen LogP contribution is 2.59. The van der Waals surface area contributed by atoms with Crippen molar-refractivity contribution < 1.29 is 4.79 Å². The molecule has 0 radical (unpaired) electrons. The van der Waals surface area contributed by atoms with Gasteiger partial charge in [0.2, 0.25) is 0 Å². The Balaban J connectivity index is 2.27. The SMILES string of the molecule is C=C1[C@@H]2CC[C@@H](C2)[C@@]1(C)/C=C\C=O. The van der Waals surface area contributed by atoms with E-state index in [0.717, 1.165) is 18.1 Å². The molecule has 0 aliphatic heterocycles. The molecule has 1 heteroatoms. The van der Waals surface area contributed by atoms with Crippen LogP contribution < -0.4 is 0 Å². The minimum atomic E-state index is 0.115. The standard InChI is InChI=1S/C12H16O/c1-9-10-4-5-11(8-10)12(9,2)6-3-7-13/h3,6-7,10-11H,1,4-5,8H2,2H3/b6-3-/t10-,11+,12+/m1/s1. The van der Waals surface area contributed by atoms with Crippen LogP contribution in [0.1, 0.15) is 26.2 Å². The second-order valence-corrected chi connectivity index (χ2v) is 4.51. The van der Waals surface area contributed by atoms with E-state index < -0.39 is 0 Å². The lowest BCUT2D eigenvalue weighted by atomic mass is 9.72. The van der Waals surface area contributed by atoms with Gasteiger partial charge < -0.3 is 0 Å². The second kappa shape index (κ2) is 2.83. The Bertz CT molecular complexity index is 277. The topological polar surface area (TPSA) is 17.1 Å². The van der Waals surface area contributed by atoms with E-state index in [1.807, 2.05) is 6.08 Å². The lowest BCUT2D eigenvalue weighted by Crippen LogP contribution is -2.23. The summed E-state index contributed by atoms with van der Waals surface area (Å²) in [5, 5.41) is 0. The molecular weight excluding hydrogens is 160 g/mol. The molecule has 0 aromatic carbocycles. The Hall–Kier alpha value is -0.850. The van der Waals surface area contributed by atoms with Crippen molar-refractivity contribution >= 4 is 6.29 Å². The van der Waals surface area contributed by atoms with Crippen LogP contribution in [0.25, 0.3) is 0 Å². The fraction of sp³-hybridized carbons (Fsp3) is 0.583. The number of allylic oxidation sites excluding steroid dienone is 3. The van der Waals surface area contributed by atoms with Crippen molar-refractivity contribution in [3.63, 3.8) is 0 Å². The molecule has 0 amide bonds. The lowest BCUT2D eigenvalue weighted by molar-refractivity contribution is -0.104. The summed E-state index contributed by atoms with van der Waals surface area (Å²) < 4.78 is 0. The molecule has 2 saturated carbocycles. The molecule has 2 fully saturated rings. The Labute approximate surface area is 79.5 Å². The maximum Gasteiger partial charge on any atom is 0.142 e. The number of rotatable bonds is 2. The van der Waals surface area contributed by atoms with Gasteiger partial charge in [-0.1, -0.05) is 25.2 Å². The maximum absolute atomic E-state index is 10.3. The molecule has 1 nitrogen and oxygen atoms in total. The van der Waals surface area contributed by atoms with Crippen LogP contribution in [0.2, 0.25) is 0 Å². The summed E-state index contributed by atoms with van der Waals surface area (Å²) in [5.41, 5.74) is 1.46. The Morgan fingerprint density at radius 2 is 2.31 bits per heavy atom. The second-order valence-electron chi connectivity index (χ2n) is 4.51. The van der Waals surface area contributed by atoms with E-state index in [0.29, 0.717) is 0 Å². The van der Waals surface area contributed by atoms with Gasteiger partial charge in [0, 0.05) is 5.41 Å².